The van der Waals surface area contributed by atoms with Crippen LogP contribution in [-0.4, -0.2) is 40.0 Å². The predicted octanol–water partition coefficient (Wildman–Crippen LogP) is 2.85. The standard InChI is InChI=1S/C19H19F3N6O/c1-23-18(24-11-17-27-26-16-8-4-5-9-28(16)17)25-14-10-13(14)12-6-2-3-7-15(12)29-19(20,21)22/h2-9,13-14H,10-11H2,1H3,(H2,23,24,25). The molecule has 2 N–H and O–H groups in total. The van der Waals surface area contributed by atoms with Gasteiger partial charge in [0.25, 0.3) is 0 Å². The molecule has 2 aromatic heterocycles. The monoisotopic (exact) mass is 404 g/mol. The minimum absolute atomic E-state index is 0.0330. The van der Waals surface area contributed by atoms with E-state index in [0.29, 0.717) is 24.5 Å². The van der Waals surface area contributed by atoms with E-state index in [1.54, 1.807) is 19.2 Å². The van der Waals surface area contributed by atoms with Crippen molar-refractivity contribution in [1.29, 1.82) is 0 Å². The zero-order valence-corrected chi connectivity index (χ0v) is 15.5. The third-order valence-electron chi connectivity index (χ3n) is 4.68. The lowest BCUT2D eigenvalue weighted by Crippen LogP contribution is -2.39. The number of nitrogens with one attached hydrogen (secondary N) is 2. The second-order valence-corrected chi connectivity index (χ2v) is 6.65. The summed E-state index contributed by atoms with van der Waals surface area (Å²) in [6, 6.07) is 11.8. The lowest BCUT2D eigenvalue weighted by atomic mass is 10.1. The molecule has 152 valence electrons. The van der Waals surface area contributed by atoms with Crippen LogP contribution >= 0.6 is 0 Å². The first-order chi connectivity index (χ1) is 13.9. The molecule has 2 atom stereocenters. The Morgan fingerprint density at radius 1 is 1.21 bits per heavy atom. The summed E-state index contributed by atoms with van der Waals surface area (Å²) in [5.41, 5.74) is 1.28. The molecule has 7 nitrogen and oxygen atoms in total. The van der Waals surface area contributed by atoms with Crippen LogP contribution in [0.25, 0.3) is 5.65 Å². The van der Waals surface area contributed by atoms with Gasteiger partial charge in [-0.1, -0.05) is 24.3 Å². The number of nitrogens with zero attached hydrogens (tertiary/aromatic N) is 4. The minimum Gasteiger partial charge on any atom is -0.405 e. The number of halogens is 3. The van der Waals surface area contributed by atoms with Crippen LogP contribution in [0.2, 0.25) is 0 Å². The normalized spacial score (nSPS) is 19.2. The molecule has 1 aromatic carbocycles. The van der Waals surface area contributed by atoms with Gasteiger partial charge >= 0.3 is 6.36 Å². The first-order valence-electron chi connectivity index (χ1n) is 9.05. The molecule has 29 heavy (non-hydrogen) atoms. The number of fused-ring (bicyclic) bond motifs is 1. The SMILES string of the molecule is CN=C(NCc1nnc2ccccn12)NC1CC1c1ccccc1OC(F)(F)F. The number of alkyl halides is 3. The molecule has 10 heteroatoms. The fourth-order valence-electron chi connectivity index (χ4n) is 3.25. The van der Waals surface area contributed by atoms with Gasteiger partial charge in [0.2, 0.25) is 0 Å². The van der Waals surface area contributed by atoms with E-state index in [9.17, 15) is 13.2 Å². The van der Waals surface area contributed by atoms with Crippen molar-refractivity contribution < 1.29 is 17.9 Å². The van der Waals surface area contributed by atoms with E-state index in [-0.39, 0.29) is 17.7 Å². The van der Waals surface area contributed by atoms with Crippen LogP contribution in [0.5, 0.6) is 5.75 Å². The Morgan fingerprint density at radius 2 is 2.00 bits per heavy atom. The Hall–Kier alpha value is -3.30. The summed E-state index contributed by atoms with van der Waals surface area (Å²) < 4.78 is 43.9. The van der Waals surface area contributed by atoms with Gasteiger partial charge in [0.1, 0.15) is 5.75 Å². The molecule has 4 rings (SSSR count). The maximum Gasteiger partial charge on any atom is 0.573 e. The molecule has 1 aliphatic rings. The summed E-state index contributed by atoms with van der Waals surface area (Å²) in [5.74, 6) is 1.02. The molecule has 0 spiro atoms. The van der Waals surface area contributed by atoms with Crippen LogP contribution < -0.4 is 15.4 Å². The number of rotatable bonds is 5. The van der Waals surface area contributed by atoms with Crippen LogP contribution in [0.1, 0.15) is 23.7 Å². The number of hydrogen-bond donors (Lipinski definition) is 2. The number of pyridine rings is 1. The number of aromatic nitrogens is 3. The highest BCUT2D eigenvalue weighted by Crippen LogP contribution is 2.45. The van der Waals surface area contributed by atoms with Crippen LogP contribution in [-0.2, 0) is 6.54 Å². The van der Waals surface area contributed by atoms with E-state index in [4.69, 9.17) is 0 Å². The summed E-state index contributed by atoms with van der Waals surface area (Å²) in [5, 5.41) is 14.6. The zero-order valence-electron chi connectivity index (χ0n) is 15.5. The van der Waals surface area contributed by atoms with Crippen LogP contribution in [0.3, 0.4) is 0 Å². The summed E-state index contributed by atoms with van der Waals surface area (Å²) >= 11 is 0. The summed E-state index contributed by atoms with van der Waals surface area (Å²) in [6.45, 7) is 0.399. The molecule has 2 unspecified atom stereocenters. The number of para-hydroxylation sites is 1. The van der Waals surface area contributed by atoms with Crippen molar-refractivity contribution in [3.8, 4) is 5.75 Å². The van der Waals surface area contributed by atoms with Gasteiger partial charge in [0.15, 0.2) is 17.4 Å². The van der Waals surface area contributed by atoms with Gasteiger partial charge < -0.3 is 15.4 Å². The van der Waals surface area contributed by atoms with Crippen molar-refractivity contribution in [3.63, 3.8) is 0 Å². The first kappa shape index (κ1) is 19.0. The Bertz CT molecular complexity index is 1030. The average Bonchev–Trinajstić information content (AvgIpc) is 3.33. The molecule has 1 fully saturated rings. The molecule has 1 aliphatic carbocycles. The second-order valence-electron chi connectivity index (χ2n) is 6.65. The number of guanidine groups is 1. The second kappa shape index (κ2) is 7.61. The lowest BCUT2D eigenvalue weighted by molar-refractivity contribution is -0.274. The van der Waals surface area contributed by atoms with E-state index < -0.39 is 6.36 Å². The van der Waals surface area contributed by atoms with Crippen molar-refractivity contribution in [2.24, 2.45) is 4.99 Å². The molecule has 0 radical (unpaired) electrons. The predicted molar refractivity (Wildman–Crippen MR) is 101 cm³/mol. The van der Waals surface area contributed by atoms with E-state index in [2.05, 4.69) is 30.6 Å². The largest absolute Gasteiger partial charge is 0.573 e. The van der Waals surface area contributed by atoms with Gasteiger partial charge in [-0.2, -0.15) is 0 Å². The average molecular weight is 404 g/mol. The molecular weight excluding hydrogens is 385 g/mol. The van der Waals surface area contributed by atoms with E-state index in [1.807, 2.05) is 28.8 Å². The Morgan fingerprint density at radius 3 is 2.79 bits per heavy atom. The van der Waals surface area contributed by atoms with Crippen molar-refractivity contribution >= 4 is 11.6 Å². The highest BCUT2D eigenvalue weighted by atomic mass is 19.4. The molecule has 3 aromatic rings. The fraction of sp³-hybridized carbons (Fsp3) is 0.316. The van der Waals surface area contributed by atoms with E-state index in [0.717, 1.165) is 11.5 Å². The summed E-state index contributed by atoms with van der Waals surface area (Å²) in [4.78, 5) is 4.18. The number of benzene rings is 1. The maximum absolute atomic E-state index is 12.6. The first-order valence-corrected chi connectivity index (χ1v) is 9.05. The zero-order chi connectivity index (χ0) is 20.4. The third kappa shape index (κ3) is 4.41. The number of hydrogen-bond acceptors (Lipinski definition) is 4. The highest BCUT2D eigenvalue weighted by Gasteiger charge is 2.42. The third-order valence-corrected chi connectivity index (χ3v) is 4.68. The smallest absolute Gasteiger partial charge is 0.405 e. The van der Waals surface area contributed by atoms with Gasteiger partial charge in [-0.05, 0) is 30.2 Å². The quantitative estimate of drug-likeness (QED) is 0.505. The van der Waals surface area contributed by atoms with E-state index >= 15 is 0 Å². The van der Waals surface area contributed by atoms with Crippen LogP contribution in [0.4, 0.5) is 13.2 Å². The fourth-order valence-corrected chi connectivity index (χ4v) is 3.25. The van der Waals surface area contributed by atoms with Gasteiger partial charge in [-0.15, -0.1) is 23.4 Å². The molecular formula is C19H19F3N6O. The summed E-state index contributed by atoms with van der Waals surface area (Å²) in [6.07, 6.45) is -2.16. The van der Waals surface area contributed by atoms with Gasteiger partial charge in [0, 0.05) is 25.2 Å². The van der Waals surface area contributed by atoms with Gasteiger partial charge in [-0.25, -0.2) is 0 Å². The van der Waals surface area contributed by atoms with Crippen LogP contribution in [0.15, 0.2) is 53.7 Å². The molecule has 2 heterocycles. The van der Waals surface area contributed by atoms with E-state index in [1.165, 1.54) is 12.1 Å². The van der Waals surface area contributed by atoms with Crippen molar-refractivity contribution in [1.82, 2.24) is 25.2 Å². The van der Waals surface area contributed by atoms with Crippen molar-refractivity contribution in [3.05, 3.63) is 60.0 Å². The maximum atomic E-state index is 12.6. The van der Waals surface area contributed by atoms with Crippen LogP contribution in [0, 0.1) is 0 Å². The van der Waals surface area contributed by atoms with Gasteiger partial charge in [-0.3, -0.25) is 9.39 Å². The van der Waals surface area contributed by atoms with Crippen molar-refractivity contribution in [2.45, 2.75) is 31.3 Å². The lowest BCUT2D eigenvalue weighted by Gasteiger charge is -2.14. The molecule has 0 saturated heterocycles. The Labute approximate surface area is 164 Å². The highest BCUT2D eigenvalue weighted by molar-refractivity contribution is 5.80. The minimum atomic E-state index is -4.72. The number of aliphatic imine (C=N–C) groups is 1. The molecule has 0 bridgehead atoms. The summed E-state index contributed by atoms with van der Waals surface area (Å²) in [7, 11) is 1.63. The van der Waals surface area contributed by atoms with Gasteiger partial charge in [0.05, 0.1) is 6.54 Å². The Kier molecular flexibility index (Phi) is 4.99. The Balaban J connectivity index is 1.38. The molecule has 1 saturated carbocycles. The topological polar surface area (TPSA) is 75.8 Å². The van der Waals surface area contributed by atoms with Crippen molar-refractivity contribution in [2.75, 3.05) is 7.05 Å². The number of ether oxygens (including phenoxy) is 1. The molecule has 0 amide bonds. The molecule has 0 aliphatic heterocycles.